The Morgan fingerprint density at radius 1 is 1.15 bits per heavy atom. The third kappa shape index (κ3) is 3.15. The van der Waals surface area contributed by atoms with E-state index in [1.54, 1.807) is 18.2 Å². The minimum Gasteiger partial charge on any atom is -0.494 e. The lowest BCUT2D eigenvalue weighted by Crippen LogP contribution is -2.16. The minimum atomic E-state index is -0.406. The van der Waals surface area contributed by atoms with Crippen LogP contribution in [0.1, 0.15) is 26.6 Å². The van der Waals surface area contributed by atoms with Crippen LogP contribution in [-0.2, 0) is 5.41 Å². The first-order valence-corrected chi connectivity index (χ1v) is 6.99. The summed E-state index contributed by atoms with van der Waals surface area (Å²) in [7, 11) is 1.44. The summed E-state index contributed by atoms with van der Waals surface area (Å²) in [6, 6.07) is 6.57. The number of methoxy groups -OCH3 is 1. The molecule has 0 aliphatic heterocycles. The fraction of sp³-hybridized carbons (Fsp3) is 0.333. The van der Waals surface area contributed by atoms with Crippen molar-refractivity contribution in [2.75, 3.05) is 7.11 Å². The molecule has 0 fully saturated rings. The number of ether oxygens (including phenoxy) is 1. The van der Waals surface area contributed by atoms with E-state index in [1.807, 2.05) is 20.8 Å². The Bertz CT molecular complexity index is 638. The maximum Gasteiger partial charge on any atom is 0.165 e. The minimum absolute atomic E-state index is 0.177. The molecule has 0 saturated carbocycles. The molecule has 106 valence electrons. The Morgan fingerprint density at radius 2 is 1.85 bits per heavy atom. The highest BCUT2D eigenvalue weighted by atomic mass is 79.9. The van der Waals surface area contributed by atoms with Crippen LogP contribution < -0.4 is 4.74 Å². The molecule has 0 aliphatic carbocycles. The van der Waals surface area contributed by atoms with E-state index in [9.17, 15) is 4.39 Å². The van der Waals surface area contributed by atoms with Crippen molar-refractivity contribution in [1.29, 1.82) is 0 Å². The molecular weight excluding hydrogens is 323 g/mol. The molecule has 0 saturated heterocycles. The van der Waals surface area contributed by atoms with Crippen molar-refractivity contribution >= 4 is 15.9 Å². The molecule has 0 unspecified atom stereocenters. The van der Waals surface area contributed by atoms with Crippen LogP contribution in [0.2, 0.25) is 0 Å². The highest BCUT2D eigenvalue weighted by Crippen LogP contribution is 2.28. The Hall–Kier alpha value is -1.49. The molecule has 1 aromatic heterocycles. The third-order valence-electron chi connectivity index (χ3n) is 2.81. The van der Waals surface area contributed by atoms with Gasteiger partial charge in [-0.05, 0) is 40.2 Å². The van der Waals surface area contributed by atoms with Crippen molar-refractivity contribution < 1.29 is 9.13 Å². The molecule has 3 nitrogen and oxygen atoms in total. The molecule has 20 heavy (non-hydrogen) atoms. The number of nitrogens with zero attached hydrogens (tertiary/aromatic N) is 2. The summed E-state index contributed by atoms with van der Waals surface area (Å²) < 4.78 is 19.4. The highest BCUT2D eigenvalue weighted by Gasteiger charge is 2.19. The second-order valence-electron chi connectivity index (χ2n) is 5.50. The molecule has 0 spiro atoms. The normalized spacial score (nSPS) is 11.5. The van der Waals surface area contributed by atoms with Gasteiger partial charge in [0.25, 0.3) is 0 Å². The predicted molar refractivity (Wildman–Crippen MR) is 80.4 cm³/mol. The van der Waals surface area contributed by atoms with Gasteiger partial charge in [-0.15, -0.1) is 0 Å². The first-order chi connectivity index (χ1) is 9.31. The number of rotatable bonds is 2. The zero-order chi connectivity index (χ0) is 14.9. The summed E-state index contributed by atoms with van der Waals surface area (Å²) in [5.74, 6) is 0.521. The summed E-state index contributed by atoms with van der Waals surface area (Å²) in [5, 5.41) is 0. The van der Waals surface area contributed by atoms with Crippen molar-refractivity contribution in [3.05, 3.63) is 40.5 Å². The third-order valence-corrected chi connectivity index (χ3v) is 3.22. The number of aromatic nitrogens is 2. The van der Waals surface area contributed by atoms with E-state index in [0.717, 1.165) is 0 Å². The maximum atomic E-state index is 13.8. The molecule has 0 bridgehead atoms. The van der Waals surface area contributed by atoms with Gasteiger partial charge in [0, 0.05) is 11.0 Å². The van der Waals surface area contributed by atoms with Crippen LogP contribution in [-0.4, -0.2) is 17.1 Å². The Kier molecular flexibility index (Phi) is 4.09. The summed E-state index contributed by atoms with van der Waals surface area (Å²) in [5.41, 5.74) is 1.19. The molecule has 2 rings (SSSR count). The van der Waals surface area contributed by atoms with Crippen LogP contribution in [0.15, 0.2) is 28.9 Å². The molecule has 1 aromatic carbocycles. The lowest BCUT2D eigenvalue weighted by molar-refractivity contribution is 0.386. The van der Waals surface area contributed by atoms with Gasteiger partial charge in [-0.1, -0.05) is 20.8 Å². The van der Waals surface area contributed by atoms with Crippen molar-refractivity contribution in [2.45, 2.75) is 26.2 Å². The molecule has 5 heteroatoms. The van der Waals surface area contributed by atoms with Crippen molar-refractivity contribution in [3.63, 3.8) is 0 Å². The van der Waals surface area contributed by atoms with Gasteiger partial charge in [0.15, 0.2) is 11.6 Å². The van der Waals surface area contributed by atoms with Gasteiger partial charge in [0.2, 0.25) is 0 Å². The fourth-order valence-electron chi connectivity index (χ4n) is 1.73. The van der Waals surface area contributed by atoms with Crippen LogP contribution in [0.3, 0.4) is 0 Å². The van der Waals surface area contributed by atoms with Gasteiger partial charge in [0.05, 0.1) is 12.8 Å². The number of hydrogen-bond donors (Lipinski definition) is 0. The van der Waals surface area contributed by atoms with Crippen LogP contribution in [0.25, 0.3) is 11.3 Å². The predicted octanol–water partition coefficient (Wildman–Crippen LogP) is 4.35. The topological polar surface area (TPSA) is 35.0 Å². The van der Waals surface area contributed by atoms with Gasteiger partial charge in [-0.2, -0.15) is 0 Å². The Labute approximate surface area is 126 Å². The van der Waals surface area contributed by atoms with Crippen molar-refractivity contribution in [1.82, 2.24) is 9.97 Å². The van der Waals surface area contributed by atoms with Crippen LogP contribution in [0, 0.1) is 5.82 Å². The summed E-state index contributed by atoms with van der Waals surface area (Å²) >= 11 is 3.38. The molecule has 0 radical (unpaired) electrons. The summed E-state index contributed by atoms with van der Waals surface area (Å²) in [6.45, 7) is 6.10. The first-order valence-electron chi connectivity index (χ1n) is 6.20. The fourth-order valence-corrected chi connectivity index (χ4v) is 2.11. The van der Waals surface area contributed by atoms with Gasteiger partial charge in [0.1, 0.15) is 10.4 Å². The largest absolute Gasteiger partial charge is 0.494 e. The Morgan fingerprint density at radius 3 is 2.40 bits per heavy atom. The monoisotopic (exact) mass is 338 g/mol. The number of hydrogen-bond acceptors (Lipinski definition) is 3. The smallest absolute Gasteiger partial charge is 0.165 e. The summed E-state index contributed by atoms with van der Waals surface area (Å²) in [6.07, 6.45) is 0. The highest BCUT2D eigenvalue weighted by molar-refractivity contribution is 9.10. The van der Waals surface area contributed by atoms with E-state index in [1.165, 1.54) is 13.2 Å². The van der Waals surface area contributed by atoms with Gasteiger partial charge >= 0.3 is 0 Å². The van der Waals surface area contributed by atoms with E-state index in [4.69, 9.17) is 4.74 Å². The van der Waals surface area contributed by atoms with Crippen LogP contribution in [0.4, 0.5) is 4.39 Å². The van der Waals surface area contributed by atoms with E-state index in [-0.39, 0.29) is 11.2 Å². The lowest BCUT2D eigenvalue weighted by Gasteiger charge is -2.17. The van der Waals surface area contributed by atoms with Gasteiger partial charge in [-0.25, -0.2) is 14.4 Å². The SMILES string of the molecule is COc1ccc(-c2cc(Br)nc(C(C)(C)C)n2)cc1F. The van der Waals surface area contributed by atoms with E-state index in [0.29, 0.717) is 21.7 Å². The molecule has 0 aliphatic rings. The van der Waals surface area contributed by atoms with E-state index in [2.05, 4.69) is 25.9 Å². The van der Waals surface area contributed by atoms with Crippen LogP contribution >= 0.6 is 15.9 Å². The van der Waals surface area contributed by atoms with Crippen molar-refractivity contribution in [3.8, 4) is 17.0 Å². The second kappa shape index (κ2) is 5.48. The number of halogens is 2. The molecule has 2 aromatic rings. The molecule has 0 N–H and O–H groups in total. The van der Waals surface area contributed by atoms with Gasteiger partial charge < -0.3 is 4.74 Å². The zero-order valence-corrected chi connectivity index (χ0v) is 13.5. The first kappa shape index (κ1) is 14.9. The lowest BCUT2D eigenvalue weighted by atomic mass is 9.95. The standard InChI is InChI=1S/C15H16BrFN2O/c1-15(2,3)14-18-11(8-13(16)19-14)9-5-6-12(20-4)10(17)7-9/h5-8H,1-4H3. The average molecular weight is 339 g/mol. The molecule has 0 amide bonds. The molecule has 1 heterocycles. The van der Waals surface area contributed by atoms with E-state index >= 15 is 0 Å². The van der Waals surface area contributed by atoms with Crippen molar-refractivity contribution in [2.24, 2.45) is 0 Å². The molecular formula is C15H16BrFN2O. The quantitative estimate of drug-likeness (QED) is 0.763. The summed E-state index contributed by atoms with van der Waals surface area (Å²) in [4.78, 5) is 8.90. The molecule has 0 atom stereocenters. The second-order valence-corrected chi connectivity index (χ2v) is 6.31. The van der Waals surface area contributed by atoms with Gasteiger partial charge in [-0.3, -0.25) is 0 Å². The number of benzene rings is 1. The zero-order valence-electron chi connectivity index (χ0n) is 11.9. The van der Waals surface area contributed by atoms with E-state index < -0.39 is 5.82 Å². The maximum absolute atomic E-state index is 13.8. The average Bonchev–Trinajstić information content (AvgIpc) is 2.37. The Balaban J connectivity index is 2.53. The van der Waals surface area contributed by atoms with Crippen LogP contribution in [0.5, 0.6) is 5.75 Å².